The van der Waals surface area contributed by atoms with Crippen LogP contribution >= 0.6 is 27.3 Å². The van der Waals surface area contributed by atoms with Crippen LogP contribution in [0.1, 0.15) is 15.9 Å². The Hall–Kier alpha value is -1.91. The first kappa shape index (κ1) is 12.8. The van der Waals surface area contributed by atoms with Crippen LogP contribution in [0, 0.1) is 0 Å². The summed E-state index contributed by atoms with van der Waals surface area (Å²) in [6, 6.07) is 13.9. The molecular weight excluding hydrogens is 346 g/mol. The number of hydrogen-bond donors (Lipinski definition) is 1. The lowest BCUT2D eigenvalue weighted by Gasteiger charge is -1.99. The Morgan fingerprint density at radius 3 is 2.81 bits per heavy atom. The maximum Gasteiger partial charge on any atom is 0.196 e. The first-order valence-electron chi connectivity index (χ1n) is 6.51. The number of thiophene rings is 1. The van der Waals surface area contributed by atoms with Gasteiger partial charge in [-0.1, -0.05) is 40.2 Å². The van der Waals surface area contributed by atoms with Crippen LogP contribution in [0.15, 0.2) is 58.5 Å². The summed E-state index contributed by atoms with van der Waals surface area (Å²) >= 11 is 5.06. The zero-order valence-corrected chi connectivity index (χ0v) is 13.3. The van der Waals surface area contributed by atoms with E-state index in [1.165, 1.54) is 0 Å². The molecule has 2 nitrogen and oxygen atoms in total. The summed E-state index contributed by atoms with van der Waals surface area (Å²) in [6.45, 7) is 0. The van der Waals surface area contributed by atoms with Gasteiger partial charge in [0.15, 0.2) is 5.78 Å². The van der Waals surface area contributed by atoms with E-state index in [1.54, 1.807) is 17.5 Å². The highest BCUT2D eigenvalue weighted by atomic mass is 79.9. The lowest BCUT2D eigenvalue weighted by Crippen LogP contribution is -1.98. The van der Waals surface area contributed by atoms with Crippen molar-refractivity contribution >= 4 is 54.0 Å². The number of carbonyl (C=O) groups excluding carboxylic acids is 1. The number of rotatable bonds is 2. The van der Waals surface area contributed by atoms with Gasteiger partial charge in [-0.3, -0.25) is 4.79 Å². The number of nitrogens with one attached hydrogen (secondary N) is 1. The van der Waals surface area contributed by atoms with Crippen molar-refractivity contribution in [2.75, 3.05) is 0 Å². The Labute approximate surface area is 133 Å². The number of aromatic nitrogens is 1. The number of benzene rings is 2. The SMILES string of the molecule is O=C(c1c[nH]c2cc(Br)ccc12)c1csc2ccccc12. The van der Waals surface area contributed by atoms with Crippen molar-refractivity contribution in [1.29, 1.82) is 0 Å². The first-order chi connectivity index (χ1) is 10.2. The monoisotopic (exact) mass is 355 g/mol. The molecule has 1 N–H and O–H groups in total. The van der Waals surface area contributed by atoms with E-state index in [1.807, 2.05) is 47.8 Å². The van der Waals surface area contributed by atoms with Crippen molar-refractivity contribution in [1.82, 2.24) is 4.98 Å². The molecule has 2 aromatic heterocycles. The summed E-state index contributed by atoms with van der Waals surface area (Å²) in [5, 5.41) is 3.93. The zero-order chi connectivity index (χ0) is 14.4. The smallest absolute Gasteiger partial charge is 0.196 e. The Kier molecular flexibility index (Phi) is 2.94. The van der Waals surface area contributed by atoms with Gasteiger partial charge in [0.05, 0.1) is 0 Å². The molecule has 0 saturated carbocycles. The van der Waals surface area contributed by atoms with Crippen LogP contribution in [0.4, 0.5) is 0 Å². The summed E-state index contributed by atoms with van der Waals surface area (Å²) in [7, 11) is 0. The molecule has 0 atom stereocenters. The normalized spacial score (nSPS) is 11.3. The fourth-order valence-electron chi connectivity index (χ4n) is 2.59. The first-order valence-corrected chi connectivity index (χ1v) is 8.19. The number of ketones is 1. The minimum Gasteiger partial charge on any atom is -0.360 e. The molecule has 0 saturated heterocycles. The van der Waals surface area contributed by atoms with Crippen LogP contribution < -0.4 is 0 Å². The molecule has 0 aliphatic rings. The quantitative estimate of drug-likeness (QED) is 0.481. The molecule has 21 heavy (non-hydrogen) atoms. The highest BCUT2D eigenvalue weighted by Gasteiger charge is 2.17. The van der Waals surface area contributed by atoms with E-state index in [0.29, 0.717) is 0 Å². The Balaban J connectivity index is 1.90. The second-order valence-corrected chi connectivity index (χ2v) is 6.69. The number of halogens is 1. The molecular formula is C17H10BrNOS. The summed E-state index contributed by atoms with van der Waals surface area (Å²) in [5.74, 6) is 0.0704. The van der Waals surface area contributed by atoms with Crippen molar-refractivity contribution in [2.45, 2.75) is 0 Å². The predicted molar refractivity (Wildman–Crippen MR) is 91.3 cm³/mol. The minimum absolute atomic E-state index is 0.0704. The van der Waals surface area contributed by atoms with E-state index >= 15 is 0 Å². The average molecular weight is 356 g/mol. The fourth-order valence-corrected chi connectivity index (χ4v) is 3.89. The molecule has 4 aromatic rings. The molecule has 0 unspecified atom stereocenters. The van der Waals surface area contributed by atoms with Gasteiger partial charge in [-0.25, -0.2) is 0 Å². The molecule has 2 aromatic carbocycles. The van der Waals surface area contributed by atoms with Crippen molar-refractivity contribution < 1.29 is 4.79 Å². The lowest BCUT2D eigenvalue weighted by molar-refractivity contribution is 0.104. The van der Waals surface area contributed by atoms with Gasteiger partial charge in [-0.15, -0.1) is 11.3 Å². The van der Waals surface area contributed by atoms with E-state index < -0.39 is 0 Å². The van der Waals surface area contributed by atoms with Gasteiger partial charge in [-0.05, 0) is 18.2 Å². The number of hydrogen-bond acceptors (Lipinski definition) is 2. The van der Waals surface area contributed by atoms with Crippen LogP contribution in [0.25, 0.3) is 21.0 Å². The Bertz CT molecular complexity index is 983. The van der Waals surface area contributed by atoms with Gasteiger partial charge in [0, 0.05) is 48.2 Å². The van der Waals surface area contributed by atoms with Crippen molar-refractivity contribution in [3.63, 3.8) is 0 Å². The van der Waals surface area contributed by atoms with Crippen LogP contribution in [-0.4, -0.2) is 10.8 Å². The third-order valence-corrected chi connectivity index (χ3v) is 5.07. The van der Waals surface area contributed by atoms with Crippen LogP contribution in [0.3, 0.4) is 0 Å². The van der Waals surface area contributed by atoms with E-state index in [-0.39, 0.29) is 5.78 Å². The lowest BCUT2D eigenvalue weighted by atomic mass is 10.0. The average Bonchev–Trinajstić information content (AvgIpc) is 3.10. The molecule has 0 bridgehead atoms. The topological polar surface area (TPSA) is 32.9 Å². The van der Waals surface area contributed by atoms with Crippen LogP contribution in [0.5, 0.6) is 0 Å². The van der Waals surface area contributed by atoms with E-state index in [2.05, 4.69) is 20.9 Å². The van der Waals surface area contributed by atoms with Crippen LogP contribution in [0.2, 0.25) is 0 Å². The van der Waals surface area contributed by atoms with Crippen molar-refractivity contribution in [3.05, 3.63) is 69.6 Å². The molecule has 0 radical (unpaired) electrons. The number of carbonyl (C=O) groups is 1. The molecule has 102 valence electrons. The van der Waals surface area contributed by atoms with Crippen molar-refractivity contribution in [3.8, 4) is 0 Å². The second-order valence-electron chi connectivity index (χ2n) is 4.87. The third kappa shape index (κ3) is 2.03. The molecule has 4 heteroatoms. The van der Waals surface area contributed by atoms with Crippen LogP contribution in [-0.2, 0) is 0 Å². The molecule has 0 aliphatic heterocycles. The maximum atomic E-state index is 12.9. The number of H-pyrrole nitrogens is 1. The molecule has 2 heterocycles. The van der Waals surface area contributed by atoms with Gasteiger partial charge in [0.25, 0.3) is 0 Å². The summed E-state index contributed by atoms with van der Waals surface area (Å²) in [4.78, 5) is 16.0. The molecule has 4 rings (SSSR count). The van der Waals surface area contributed by atoms with E-state index in [9.17, 15) is 4.79 Å². The minimum atomic E-state index is 0.0704. The molecule has 0 spiro atoms. The van der Waals surface area contributed by atoms with Gasteiger partial charge in [0.2, 0.25) is 0 Å². The number of fused-ring (bicyclic) bond motifs is 2. The Morgan fingerprint density at radius 2 is 1.90 bits per heavy atom. The second kappa shape index (κ2) is 4.83. The van der Waals surface area contributed by atoms with Gasteiger partial charge in [0.1, 0.15) is 0 Å². The molecule has 0 amide bonds. The highest BCUT2D eigenvalue weighted by molar-refractivity contribution is 9.10. The zero-order valence-electron chi connectivity index (χ0n) is 10.9. The Morgan fingerprint density at radius 1 is 1.05 bits per heavy atom. The predicted octanol–water partition coefficient (Wildman–Crippen LogP) is 5.38. The van der Waals surface area contributed by atoms with E-state index in [4.69, 9.17) is 0 Å². The summed E-state index contributed by atoms with van der Waals surface area (Å²) < 4.78 is 2.14. The van der Waals surface area contributed by atoms with Gasteiger partial charge in [-0.2, -0.15) is 0 Å². The summed E-state index contributed by atoms with van der Waals surface area (Å²) in [6.07, 6.45) is 1.80. The van der Waals surface area contributed by atoms with E-state index in [0.717, 1.165) is 36.6 Å². The standard InChI is InChI=1S/C17H10BrNOS/c18-10-5-6-11-13(8-19-15(11)7-10)17(20)14-9-21-16-4-2-1-3-12(14)16/h1-9,19H. The molecule has 0 fully saturated rings. The highest BCUT2D eigenvalue weighted by Crippen LogP contribution is 2.30. The van der Waals surface area contributed by atoms with Gasteiger partial charge < -0.3 is 4.98 Å². The third-order valence-electron chi connectivity index (χ3n) is 3.61. The number of aromatic amines is 1. The summed E-state index contributed by atoms with van der Waals surface area (Å²) in [5.41, 5.74) is 2.47. The van der Waals surface area contributed by atoms with Gasteiger partial charge >= 0.3 is 0 Å². The van der Waals surface area contributed by atoms with Crippen molar-refractivity contribution in [2.24, 2.45) is 0 Å². The molecule has 0 aliphatic carbocycles. The fraction of sp³-hybridized carbons (Fsp3) is 0. The largest absolute Gasteiger partial charge is 0.360 e. The maximum absolute atomic E-state index is 12.9.